The van der Waals surface area contributed by atoms with Gasteiger partial charge in [0.2, 0.25) is 5.16 Å². The second-order valence-electron chi connectivity index (χ2n) is 5.20. The third-order valence-corrected chi connectivity index (χ3v) is 4.63. The predicted molar refractivity (Wildman–Crippen MR) is 89.5 cm³/mol. The average Bonchev–Trinajstić information content (AvgIpc) is 2.86. The maximum atomic E-state index is 10.9. The Morgan fingerprint density at radius 2 is 1.96 bits per heavy atom. The zero-order valence-corrected chi connectivity index (χ0v) is 13.2. The summed E-state index contributed by atoms with van der Waals surface area (Å²) in [5.74, 6) is 0.724. The third-order valence-electron chi connectivity index (χ3n) is 3.60. The van der Waals surface area contributed by atoms with Crippen molar-refractivity contribution in [3.8, 4) is 0 Å². The Morgan fingerprint density at radius 1 is 1.12 bits per heavy atom. The monoisotopic (exact) mass is 337 g/mol. The van der Waals surface area contributed by atoms with Gasteiger partial charge in [-0.2, -0.15) is 9.78 Å². The summed E-state index contributed by atoms with van der Waals surface area (Å²) in [6, 6.07) is 14.7. The van der Waals surface area contributed by atoms with E-state index in [1.807, 2.05) is 30.3 Å². The van der Waals surface area contributed by atoms with Crippen LogP contribution in [0.1, 0.15) is 17.0 Å². The van der Waals surface area contributed by atoms with E-state index in [1.54, 1.807) is 17.0 Å². The molecule has 0 fully saturated rings. The first kappa shape index (κ1) is 14.6. The van der Waals surface area contributed by atoms with Crippen LogP contribution >= 0.6 is 11.8 Å². The van der Waals surface area contributed by atoms with Crippen LogP contribution in [0.15, 0.2) is 63.7 Å². The van der Waals surface area contributed by atoms with Gasteiger partial charge in [0.05, 0.1) is 11.1 Å². The lowest BCUT2D eigenvalue weighted by molar-refractivity contribution is -0.384. The minimum atomic E-state index is -0.412. The summed E-state index contributed by atoms with van der Waals surface area (Å²) in [5, 5.41) is 24.4. The Bertz CT molecular complexity index is 952. The molecule has 0 N–H and O–H groups in total. The number of nitro benzene ring substituents is 1. The molecule has 2 heterocycles. The van der Waals surface area contributed by atoms with Gasteiger partial charge in [-0.05, 0) is 23.4 Å². The molecule has 24 heavy (non-hydrogen) atoms. The van der Waals surface area contributed by atoms with E-state index in [9.17, 15) is 10.1 Å². The smallest absolute Gasteiger partial charge is 0.258 e. The quantitative estimate of drug-likeness (QED) is 0.423. The largest absolute Gasteiger partial charge is 0.270 e. The van der Waals surface area contributed by atoms with Crippen LogP contribution in [0.2, 0.25) is 0 Å². The van der Waals surface area contributed by atoms with Crippen LogP contribution in [0.3, 0.4) is 0 Å². The number of benzene rings is 2. The summed E-state index contributed by atoms with van der Waals surface area (Å²) in [6.45, 7) is 0. The minimum Gasteiger partial charge on any atom is -0.258 e. The van der Waals surface area contributed by atoms with Crippen molar-refractivity contribution in [2.75, 3.05) is 0 Å². The van der Waals surface area contributed by atoms with Gasteiger partial charge in [0.1, 0.15) is 0 Å². The van der Waals surface area contributed by atoms with Crippen molar-refractivity contribution in [3.63, 3.8) is 0 Å². The van der Waals surface area contributed by atoms with Gasteiger partial charge < -0.3 is 0 Å². The van der Waals surface area contributed by atoms with Gasteiger partial charge >= 0.3 is 0 Å². The summed E-state index contributed by atoms with van der Waals surface area (Å²) in [6.07, 6.45) is 2.23. The predicted octanol–water partition coefficient (Wildman–Crippen LogP) is 3.12. The second kappa shape index (κ2) is 5.89. The lowest BCUT2D eigenvalue weighted by Gasteiger charge is -2.02. The van der Waals surface area contributed by atoms with Crippen molar-refractivity contribution >= 4 is 23.7 Å². The Hall–Kier alpha value is -3.00. The summed E-state index contributed by atoms with van der Waals surface area (Å²) < 4.78 is 1.68. The summed E-state index contributed by atoms with van der Waals surface area (Å²) in [5.41, 5.74) is 1.86. The lowest BCUT2D eigenvalue weighted by atomic mass is 10.1. The fourth-order valence-corrected chi connectivity index (χ4v) is 3.31. The number of nitrogens with zero attached hydrogens (tertiary/aromatic N) is 5. The highest BCUT2D eigenvalue weighted by atomic mass is 32.2. The molecule has 1 aliphatic heterocycles. The topological polar surface area (TPSA) is 86.2 Å². The molecule has 0 aliphatic carbocycles. The van der Waals surface area contributed by atoms with Crippen LogP contribution in [0.4, 0.5) is 5.69 Å². The zero-order chi connectivity index (χ0) is 16.5. The normalized spacial score (nSPS) is 12.3. The molecule has 0 bridgehead atoms. The minimum absolute atomic E-state index is 0.0444. The molecule has 0 spiro atoms. The van der Waals surface area contributed by atoms with E-state index in [2.05, 4.69) is 15.3 Å². The molecular formula is C16H11N5O2S. The number of hydrogen-bond donors (Lipinski definition) is 0. The molecule has 0 unspecified atom stereocenters. The average molecular weight is 337 g/mol. The lowest BCUT2D eigenvalue weighted by Crippen LogP contribution is -2.00. The highest BCUT2D eigenvalue weighted by Gasteiger charge is 2.19. The van der Waals surface area contributed by atoms with Crippen LogP contribution in [0.5, 0.6) is 0 Å². The molecule has 1 aliphatic rings. The molecule has 0 radical (unpaired) electrons. The first-order valence-corrected chi connectivity index (χ1v) is 8.01. The van der Waals surface area contributed by atoms with Gasteiger partial charge in [0, 0.05) is 29.0 Å². The first-order valence-electron chi connectivity index (χ1n) is 7.19. The van der Waals surface area contributed by atoms with Gasteiger partial charge in [0.25, 0.3) is 5.69 Å². The Kier molecular flexibility index (Phi) is 3.58. The molecule has 4 rings (SSSR count). The molecule has 7 nitrogen and oxygen atoms in total. The molecule has 8 heteroatoms. The summed E-state index contributed by atoms with van der Waals surface area (Å²) >= 11 is 1.40. The van der Waals surface area contributed by atoms with Crippen molar-refractivity contribution in [1.82, 2.24) is 14.9 Å². The number of fused-ring (bicyclic) bond motifs is 2. The van der Waals surface area contributed by atoms with Gasteiger partial charge in [-0.3, -0.25) is 10.1 Å². The summed E-state index contributed by atoms with van der Waals surface area (Å²) in [4.78, 5) is 11.4. The molecular weight excluding hydrogens is 326 g/mol. The van der Waals surface area contributed by atoms with E-state index in [0.29, 0.717) is 17.1 Å². The number of aromatic nitrogens is 3. The van der Waals surface area contributed by atoms with Crippen molar-refractivity contribution in [2.24, 2.45) is 5.10 Å². The maximum absolute atomic E-state index is 10.9. The van der Waals surface area contributed by atoms with Crippen LogP contribution in [0.25, 0.3) is 0 Å². The Balaban J connectivity index is 1.70. The van der Waals surface area contributed by atoms with Crippen molar-refractivity contribution in [2.45, 2.75) is 16.5 Å². The summed E-state index contributed by atoms with van der Waals surface area (Å²) in [7, 11) is 0. The van der Waals surface area contributed by atoms with Crippen molar-refractivity contribution < 1.29 is 4.92 Å². The fourth-order valence-electron chi connectivity index (χ4n) is 2.43. The van der Waals surface area contributed by atoms with Crippen LogP contribution < -0.4 is 0 Å². The number of non-ortho nitro benzene ring substituents is 1. The van der Waals surface area contributed by atoms with Crippen LogP contribution in [-0.2, 0) is 6.42 Å². The molecule has 118 valence electrons. The zero-order valence-electron chi connectivity index (χ0n) is 12.4. The van der Waals surface area contributed by atoms with E-state index < -0.39 is 4.92 Å². The van der Waals surface area contributed by atoms with E-state index in [4.69, 9.17) is 0 Å². The van der Waals surface area contributed by atoms with E-state index in [-0.39, 0.29) is 5.69 Å². The van der Waals surface area contributed by atoms with E-state index >= 15 is 0 Å². The Labute approximate surface area is 141 Å². The molecule has 2 aromatic carbocycles. The molecule has 0 atom stereocenters. The number of rotatable bonds is 3. The van der Waals surface area contributed by atoms with Crippen LogP contribution in [-0.4, -0.2) is 26.0 Å². The SMILES string of the molecule is O=[N+]([O-])c1ccc2c(c1)C=Nn1c(Cc3ccccc3)nnc1S2. The number of hydrogen-bond acceptors (Lipinski definition) is 6. The second-order valence-corrected chi connectivity index (χ2v) is 6.21. The van der Waals surface area contributed by atoms with Crippen molar-refractivity contribution in [1.29, 1.82) is 0 Å². The van der Waals surface area contributed by atoms with Gasteiger partial charge in [-0.25, -0.2) is 0 Å². The third kappa shape index (κ3) is 2.67. The van der Waals surface area contributed by atoms with Gasteiger partial charge in [0.15, 0.2) is 5.82 Å². The Morgan fingerprint density at radius 3 is 2.75 bits per heavy atom. The first-order chi connectivity index (χ1) is 11.7. The molecule has 0 saturated carbocycles. The van der Waals surface area contributed by atoms with E-state index in [0.717, 1.165) is 16.3 Å². The fraction of sp³-hybridized carbons (Fsp3) is 0.0625. The van der Waals surface area contributed by atoms with Gasteiger partial charge in [-0.1, -0.05) is 30.3 Å². The molecule has 0 saturated heterocycles. The number of nitro groups is 1. The highest BCUT2D eigenvalue weighted by Crippen LogP contribution is 2.33. The molecule has 1 aromatic heterocycles. The standard InChI is InChI=1S/C16H11N5O2S/c22-21(23)13-6-7-14-12(9-13)10-17-20-15(18-19-16(20)24-14)8-11-4-2-1-3-5-11/h1-7,9-10H,8H2. The van der Waals surface area contributed by atoms with E-state index in [1.165, 1.54) is 23.9 Å². The molecule has 0 amide bonds. The van der Waals surface area contributed by atoms with Crippen LogP contribution in [0, 0.1) is 10.1 Å². The molecule has 3 aromatic rings. The highest BCUT2D eigenvalue weighted by molar-refractivity contribution is 7.99. The van der Waals surface area contributed by atoms with Crippen molar-refractivity contribution in [3.05, 3.63) is 75.6 Å². The maximum Gasteiger partial charge on any atom is 0.270 e. The van der Waals surface area contributed by atoms with Gasteiger partial charge in [-0.15, -0.1) is 10.2 Å².